The van der Waals surface area contributed by atoms with E-state index in [0.29, 0.717) is 29.6 Å². The topological polar surface area (TPSA) is 102 Å². The maximum absolute atomic E-state index is 13.2. The van der Waals surface area contributed by atoms with Crippen LogP contribution in [0.5, 0.6) is 0 Å². The van der Waals surface area contributed by atoms with Crippen molar-refractivity contribution in [2.75, 3.05) is 18.4 Å². The van der Waals surface area contributed by atoms with Crippen molar-refractivity contribution in [1.29, 1.82) is 0 Å². The largest absolute Gasteiger partial charge is 0.369 e. The smallest absolute Gasteiger partial charge is 0.240 e. The SMILES string of the molecule is Cc1nc(NCCNS(=O)(=O)c2ccc(F)cc2C)cc(-n2ccnc2C)n1. The standard InChI is InChI=1S/C18H21FN6O2S/c1-12-10-15(19)4-5-16(12)28(26,27)22-7-6-21-17-11-18(24-13(2)23-17)25-9-8-20-14(25)3/h4-5,8-11,22H,6-7H2,1-3H3,(H,21,23,24). The second kappa shape index (κ2) is 8.03. The van der Waals surface area contributed by atoms with Crippen molar-refractivity contribution >= 4 is 15.8 Å². The van der Waals surface area contributed by atoms with E-state index in [0.717, 1.165) is 11.9 Å². The van der Waals surface area contributed by atoms with Gasteiger partial charge in [-0.3, -0.25) is 4.57 Å². The fourth-order valence-corrected chi connectivity index (χ4v) is 4.01. The molecule has 0 saturated heterocycles. The molecule has 0 aliphatic carbocycles. The third-order valence-corrected chi connectivity index (χ3v) is 5.67. The van der Waals surface area contributed by atoms with Gasteiger partial charge in [0.2, 0.25) is 10.0 Å². The third-order valence-electron chi connectivity index (χ3n) is 4.05. The number of aryl methyl sites for hydroxylation is 3. The summed E-state index contributed by atoms with van der Waals surface area (Å²) < 4.78 is 42.3. The maximum atomic E-state index is 13.2. The fourth-order valence-electron chi connectivity index (χ4n) is 2.75. The molecule has 0 atom stereocenters. The van der Waals surface area contributed by atoms with E-state index in [4.69, 9.17) is 0 Å². The maximum Gasteiger partial charge on any atom is 0.240 e. The molecule has 0 bridgehead atoms. The summed E-state index contributed by atoms with van der Waals surface area (Å²) in [6, 6.07) is 5.34. The van der Waals surface area contributed by atoms with Crippen LogP contribution in [-0.2, 0) is 10.0 Å². The van der Waals surface area contributed by atoms with Crippen molar-refractivity contribution in [2.24, 2.45) is 0 Å². The van der Waals surface area contributed by atoms with Gasteiger partial charge in [0.1, 0.15) is 29.1 Å². The lowest BCUT2D eigenvalue weighted by Crippen LogP contribution is -2.29. The summed E-state index contributed by atoms with van der Waals surface area (Å²) in [5, 5.41) is 3.08. The van der Waals surface area contributed by atoms with Crippen LogP contribution in [0.3, 0.4) is 0 Å². The van der Waals surface area contributed by atoms with Crippen LogP contribution in [0, 0.1) is 26.6 Å². The number of hydrogen-bond donors (Lipinski definition) is 2. The van der Waals surface area contributed by atoms with Crippen molar-refractivity contribution in [3.8, 4) is 5.82 Å². The highest BCUT2D eigenvalue weighted by Gasteiger charge is 2.16. The van der Waals surface area contributed by atoms with E-state index >= 15 is 0 Å². The number of sulfonamides is 1. The first-order valence-corrected chi connectivity index (χ1v) is 10.1. The van der Waals surface area contributed by atoms with E-state index < -0.39 is 15.8 Å². The number of benzene rings is 1. The van der Waals surface area contributed by atoms with Crippen LogP contribution < -0.4 is 10.0 Å². The minimum Gasteiger partial charge on any atom is -0.369 e. The Morgan fingerprint density at radius 2 is 1.89 bits per heavy atom. The first-order valence-electron chi connectivity index (χ1n) is 8.62. The Bertz CT molecular complexity index is 1100. The molecule has 3 rings (SSSR count). The van der Waals surface area contributed by atoms with Gasteiger partial charge in [0.05, 0.1) is 4.90 Å². The number of nitrogens with zero attached hydrogens (tertiary/aromatic N) is 4. The van der Waals surface area contributed by atoms with Gasteiger partial charge in [-0.1, -0.05) is 0 Å². The summed E-state index contributed by atoms with van der Waals surface area (Å²) in [5.74, 6) is 2.16. The zero-order valence-corrected chi connectivity index (χ0v) is 16.6. The quantitative estimate of drug-likeness (QED) is 0.585. The van der Waals surface area contributed by atoms with Gasteiger partial charge in [-0.2, -0.15) is 0 Å². The predicted octanol–water partition coefficient (Wildman–Crippen LogP) is 2.12. The Hall–Kier alpha value is -2.85. The monoisotopic (exact) mass is 404 g/mol. The third kappa shape index (κ3) is 4.52. The van der Waals surface area contributed by atoms with E-state index in [1.807, 2.05) is 11.5 Å². The van der Waals surface area contributed by atoms with E-state index in [1.165, 1.54) is 12.1 Å². The van der Waals surface area contributed by atoms with Crippen LogP contribution in [0.25, 0.3) is 5.82 Å². The van der Waals surface area contributed by atoms with Crippen LogP contribution in [0.2, 0.25) is 0 Å². The molecular weight excluding hydrogens is 383 g/mol. The average molecular weight is 404 g/mol. The average Bonchev–Trinajstić information content (AvgIpc) is 3.04. The van der Waals surface area contributed by atoms with Gasteiger partial charge < -0.3 is 5.32 Å². The number of anilines is 1. The Morgan fingerprint density at radius 1 is 1.11 bits per heavy atom. The van der Waals surface area contributed by atoms with Gasteiger partial charge in [-0.05, 0) is 44.5 Å². The molecule has 0 unspecified atom stereocenters. The van der Waals surface area contributed by atoms with Gasteiger partial charge in [0.25, 0.3) is 0 Å². The summed E-state index contributed by atoms with van der Waals surface area (Å²) in [4.78, 5) is 12.9. The lowest BCUT2D eigenvalue weighted by Gasteiger charge is -2.12. The van der Waals surface area contributed by atoms with Crippen molar-refractivity contribution < 1.29 is 12.8 Å². The van der Waals surface area contributed by atoms with E-state index in [-0.39, 0.29) is 11.4 Å². The molecule has 0 radical (unpaired) electrons. The molecule has 8 nitrogen and oxygen atoms in total. The number of nitrogens with one attached hydrogen (secondary N) is 2. The highest BCUT2D eigenvalue weighted by atomic mass is 32.2. The summed E-state index contributed by atoms with van der Waals surface area (Å²) in [6.45, 7) is 5.66. The molecule has 3 aromatic rings. The predicted molar refractivity (Wildman–Crippen MR) is 103 cm³/mol. The number of halogens is 1. The molecule has 0 aliphatic heterocycles. The van der Waals surface area contributed by atoms with E-state index in [2.05, 4.69) is 25.0 Å². The molecule has 0 amide bonds. The van der Waals surface area contributed by atoms with Crippen molar-refractivity contribution in [1.82, 2.24) is 24.2 Å². The minimum atomic E-state index is -3.72. The second-order valence-corrected chi connectivity index (χ2v) is 7.97. The van der Waals surface area contributed by atoms with Crippen LogP contribution in [0.1, 0.15) is 17.2 Å². The van der Waals surface area contributed by atoms with Crippen LogP contribution in [-0.4, -0.2) is 41.0 Å². The minimum absolute atomic E-state index is 0.0599. The summed E-state index contributed by atoms with van der Waals surface area (Å²) in [7, 11) is -3.72. The lowest BCUT2D eigenvalue weighted by molar-refractivity contribution is 0.581. The van der Waals surface area contributed by atoms with Gasteiger partial charge in [-0.15, -0.1) is 0 Å². The van der Waals surface area contributed by atoms with E-state index in [1.54, 1.807) is 32.3 Å². The Balaban J connectivity index is 1.64. The first kappa shape index (κ1) is 19.9. The highest BCUT2D eigenvalue weighted by Crippen LogP contribution is 2.16. The molecule has 2 heterocycles. The molecule has 0 fully saturated rings. The lowest BCUT2D eigenvalue weighted by atomic mass is 10.2. The number of imidazole rings is 1. The second-order valence-electron chi connectivity index (χ2n) is 6.24. The van der Waals surface area contributed by atoms with Crippen molar-refractivity contribution in [3.63, 3.8) is 0 Å². The van der Waals surface area contributed by atoms with Crippen LogP contribution in [0.15, 0.2) is 41.6 Å². The summed E-state index contributed by atoms with van der Waals surface area (Å²) >= 11 is 0. The fraction of sp³-hybridized carbons (Fsp3) is 0.278. The number of rotatable bonds is 7. The number of aromatic nitrogens is 4. The van der Waals surface area contributed by atoms with E-state index in [9.17, 15) is 12.8 Å². The Morgan fingerprint density at radius 3 is 2.57 bits per heavy atom. The zero-order chi connectivity index (χ0) is 20.3. The normalized spacial score (nSPS) is 11.6. The van der Waals surface area contributed by atoms with Crippen molar-refractivity contribution in [2.45, 2.75) is 25.7 Å². The van der Waals surface area contributed by atoms with Crippen molar-refractivity contribution in [3.05, 3.63) is 59.7 Å². The molecule has 0 spiro atoms. The first-order chi connectivity index (χ1) is 13.3. The molecular formula is C18H21FN6O2S. The molecule has 28 heavy (non-hydrogen) atoms. The summed E-state index contributed by atoms with van der Waals surface area (Å²) in [5.41, 5.74) is 0.354. The molecule has 148 valence electrons. The Kier molecular flexibility index (Phi) is 5.71. The Labute approximate surface area is 162 Å². The van der Waals surface area contributed by atoms with Crippen LogP contribution >= 0.6 is 0 Å². The molecule has 1 aromatic carbocycles. The highest BCUT2D eigenvalue weighted by molar-refractivity contribution is 7.89. The molecule has 10 heteroatoms. The summed E-state index contributed by atoms with van der Waals surface area (Å²) in [6.07, 6.45) is 3.49. The van der Waals surface area contributed by atoms with Gasteiger partial charge >= 0.3 is 0 Å². The van der Waals surface area contributed by atoms with Gasteiger partial charge in [-0.25, -0.2) is 32.5 Å². The van der Waals surface area contributed by atoms with Gasteiger partial charge in [0, 0.05) is 31.5 Å². The molecule has 2 N–H and O–H groups in total. The molecule has 0 aliphatic rings. The number of hydrogen-bond acceptors (Lipinski definition) is 6. The molecule has 2 aromatic heterocycles. The zero-order valence-electron chi connectivity index (χ0n) is 15.8. The van der Waals surface area contributed by atoms with Crippen LogP contribution in [0.4, 0.5) is 10.2 Å². The van der Waals surface area contributed by atoms with Gasteiger partial charge in [0.15, 0.2) is 0 Å². The molecule has 0 saturated carbocycles.